The molecule has 0 aliphatic heterocycles. The van der Waals surface area contributed by atoms with Gasteiger partial charge in [0.05, 0.1) is 0 Å². The Bertz CT molecular complexity index is 317. The summed E-state index contributed by atoms with van der Waals surface area (Å²) < 4.78 is 0. The van der Waals surface area contributed by atoms with E-state index in [1.807, 2.05) is 0 Å². The van der Waals surface area contributed by atoms with E-state index in [1.54, 1.807) is 23.8 Å². The first-order valence-corrected chi connectivity index (χ1v) is 6.17. The average molecular weight is 225 g/mol. The van der Waals surface area contributed by atoms with Gasteiger partial charge in [-0.3, -0.25) is 4.79 Å². The molecule has 0 radical (unpaired) electrons. The molecule has 1 fully saturated rings. The zero-order valence-corrected chi connectivity index (χ0v) is 9.59. The van der Waals surface area contributed by atoms with E-state index in [0.717, 1.165) is 30.7 Å². The Morgan fingerprint density at radius 3 is 2.73 bits per heavy atom. The highest BCUT2D eigenvalue weighted by atomic mass is 32.1. The molecule has 15 heavy (non-hydrogen) atoms. The fourth-order valence-electron chi connectivity index (χ4n) is 2.13. The maximum absolute atomic E-state index is 10.9. The summed E-state index contributed by atoms with van der Waals surface area (Å²) in [4.78, 5) is 10.9. The molecule has 2 rings (SSSR count). The lowest BCUT2D eigenvalue weighted by molar-refractivity contribution is -0.119. The van der Waals surface area contributed by atoms with Crippen LogP contribution in [0.1, 0.15) is 43.5 Å². The molecule has 0 unspecified atom stereocenters. The van der Waals surface area contributed by atoms with Crippen LogP contribution in [0.5, 0.6) is 0 Å². The zero-order valence-electron chi connectivity index (χ0n) is 8.77. The largest absolute Gasteiger partial charge is 0.354 e. The lowest BCUT2D eigenvalue weighted by Gasteiger charge is -2.27. The van der Waals surface area contributed by atoms with Gasteiger partial charge in [-0.15, -0.1) is 21.5 Å². The van der Waals surface area contributed by atoms with Crippen molar-refractivity contribution in [3.63, 3.8) is 0 Å². The Kier molecular flexibility index (Phi) is 3.30. The Morgan fingerprint density at radius 1 is 1.47 bits per heavy atom. The maximum atomic E-state index is 10.9. The first-order chi connectivity index (χ1) is 7.25. The predicted octanol–water partition coefficient (Wildman–Crippen LogP) is 1.70. The molecular weight excluding hydrogens is 210 g/mol. The number of nitrogens with one attached hydrogen (secondary N) is 1. The van der Waals surface area contributed by atoms with Gasteiger partial charge in [0.25, 0.3) is 0 Å². The van der Waals surface area contributed by atoms with Crippen molar-refractivity contribution in [1.29, 1.82) is 0 Å². The van der Waals surface area contributed by atoms with Crippen molar-refractivity contribution in [2.24, 2.45) is 0 Å². The predicted molar refractivity (Wildman–Crippen MR) is 58.7 cm³/mol. The minimum atomic E-state index is 0.0781. The van der Waals surface area contributed by atoms with E-state index in [1.165, 1.54) is 0 Å². The number of carbonyl (C=O) groups is 1. The van der Waals surface area contributed by atoms with Crippen molar-refractivity contribution in [2.45, 2.75) is 44.6 Å². The Hall–Kier alpha value is -0.970. The van der Waals surface area contributed by atoms with Crippen LogP contribution in [0.3, 0.4) is 0 Å². The van der Waals surface area contributed by atoms with E-state index in [0.29, 0.717) is 12.0 Å². The molecule has 1 aliphatic rings. The van der Waals surface area contributed by atoms with Gasteiger partial charge < -0.3 is 5.32 Å². The molecule has 5 heteroatoms. The number of nitrogens with zero attached hydrogens (tertiary/aromatic N) is 2. The van der Waals surface area contributed by atoms with E-state index in [4.69, 9.17) is 0 Å². The minimum Gasteiger partial charge on any atom is -0.354 e. The Balaban J connectivity index is 1.84. The van der Waals surface area contributed by atoms with Crippen LogP contribution >= 0.6 is 11.3 Å². The van der Waals surface area contributed by atoms with Gasteiger partial charge in [0.1, 0.15) is 10.5 Å². The summed E-state index contributed by atoms with van der Waals surface area (Å²) in [5, 5.41) is 12.1. The molecule has 0 spiro atoms. The number of hydrogen-bond donors (Lipinski definition) is 1. The summed E-state index contributed by atoms with van der Waals surface area (Å²) in [5.41, 5.74) is 1.79. The van der Waals surface area contributed by atoms with Gasteiger partial charge in [-0.1, -0.05) is 0 Å². The third kappa shape index (κ3) is 2.75. The number of rotatable bonds is 2. The first kappa shape index (κ1) is 10.5. The lowest BCUT2D eigenvalue weighted by atomic mass is 9.86. The third-order valence-electron chi connectivity index (χ3n) is 2.86. The van der Waals surface area contributed by atoms with Gasteiger partial charge in [-0.25, -0.2) is 0 Å². The van der Waals surface area contributed by atoms with Gasteiger partial charge in [-0.05, 0) is 25.7 Å². The summed E-state index contributed by atoms with van der Waals surface area (Å²) in [7, 11) is 0. The summed E-state index contributed by atoms with van der Waals surface area (Å²) in [6.45, 7) is 1.58. The van der Waals surface area contributed by atoms with Crippen LogP contribution in [0.2, 0.25) is 0 Å². The fraction of sp³-hybridized carbons (Fsp3) is 0.700. The average Bonchev–Trinajstić information content (AvgIpc) is 2.71. The highest BCUT2D eigenvalue weighted by Crippen LogP contribution is 2.33. The van der Waals surface area contributed by atoms with Crippen molar-refractivity contribution in [2.75, 3.05) is 0 Å². The molecule has 0 bridgehead atoms. The number of hydrogen-bond acceptors (Lipinski definition) is 4. The van der Waals surface area contributed by atoms with Gasteiger partial charge in [-0.2, -0.15) is 0 Å². The summed E-state index contributed by atoms with van der Waals surface area (Å²) in [6, 6.07) is 0.367. The van der Waals surface area contributed by atoms with Crippen molar-refractivity contribution in [3.8, 4) is 0 Å². The summed E-state index contributed by atoms with van der Waals surface area (Å²) in [6.07, 6.45) is 4.34. The number of aromatic nitrogens is 2. The molecule has 82 valence electrons. The van der Waals surface area contributed by atoms with E-state index < -0.39 is 0 Å². The van der Waals surface area contributed by atoms with E-state index in [9.17, 15) is 4.79 Å². The Morgan fingerprint density at radius 2 is 2.20 bits per heavy atom. The first-order valence-electron chi connectivity index (χ1n) is 5.29. The van der Waals surface area contributed by atoms with Gasteiger partial charge in [0.2, 0.25) is 5.91 Å². The molecule has 1 amide bonds. The molecule has 4 nitrogen and oxygen atoms in total. The SMILES string of the molecule is CC(=O)N[C@H]1CC[C@@H](c2nncs2)CC1. The zero-order chi connectivity index (χ0) is 10.7. The second-order valence-electron chi connectivity index (χ2n) is 4.03. The van der Waals surface area contributed by atoms with Crippen LogP contribution in [-0.4, -0.2) is 22.1 Å². The van der Waals surface area contributed by atoms with Crippen LogP contribution in [0.4, 0.5) is 0 Å². The molecule has 0 aromatic carbocycles. The van der Waals surface area contributed by atoms with Crippen LogP contribution in [0.25, 0.3) is 0 Å². The lowest BCUT2D eigenvalue weighted by Crippen LogP contribution is -2.35. The maximum Gasteiger partial charge on any atom is 0.217 e. The molecule has 1 heterocycles. The fourth-order valence-corrected chi connectivity index (χ4v) is 2.86. The minimum absolute atomic E-state index is 0.0781. The second-order valence-corrected chi connectivity index (χ2v) is 4.89. The third-order valence-corrected chi connectivity index (χ3v) is 3.72. The highest BCUT2D eigenvalue weighted by Gasteiger charge is 2.24. The van der Waals surface area contributed by atoms with E-state index in [-0.39, 0.29) is 5.91 Å². The topological polar surface area (TPSA) is 54.9 Å². The van der Waals surface area contributed by atoms with Crippen molar-refractivity contribution in [3.05, 3.63) is 10.5 Å². The molecular formula is C10H15N3OS. The number of amides is 1. The molecule has 1 saturated carbocycles. The summed E-state index contributed by atoms with van der Waals surface area (Å²) in [5.74, 6) is 0.636. The van der Waals surface area contributed by atoms with Crippen molar-refractivity contribution in [1.82, 2.24) is 15.5 Å². The van der Waals surface area contributed by atoms with Crippen LogP contribution in [0, 0.1) is 0 Å². The monoisotopic (exact) mass is 225 g/mol. The quantitative estimate of drug-likeness (QED) is 0.833. The molecule has 1 aromatic rings. The molecule has 1 aromatic heterocycles. The van der Waals surface area contributed by atoms with E-state index >= 15 is 0 Å². The van der Waals surface area contributed by atoms with Gasteiger partial charge in [0.15, 0.2) is 0 Å². The molecule has 0 saturated heterocycles. The van der Waals surface area contributed by atoms with Crippen molar-refractivity contribution >= 4 is 17.2 Å². The van der Waals surface area contributed by atoms with Gasteiger partial charge in [0, 0.05) is 18.9 Å². The normalized spacial score (nSPS) is 26.2. The van der Waals surface area contributed by atoms with Gasteiger partial charge >= 0.3 is 0 Å². The summed E-state index contributed by atoms with van der Waals surface area (Å²) >= 11 is 1.64. The highest BCUT2D eigenvalue weighted by molar-refractivity contribution is 7.09. The smallest absolute Gasteiger partial charge is 0.217 e. The van der Waals surface area contributed by atoms with Crippen LogP contribution < -0.4 is 5.32 Å². The van der Waals surface area contributed by atoms with Crippen LogP contribution in [-0.2, 0) is 4.79 Å². The molecule has 1 N–H and O–H groups in total. The van der Waals surface area contributed by atoms with Crippen LogP contribution in [0.15, 0.2) is 5.51 Å². The molecule has 1 aliphatic carbocycles. The number of carbonyl (C=O) groups excluding carboxylic acids is 1. The molecule has 0 atom stereocenters. The van der Waals surface area contributed by atoms with E-state index in [2.05, 4.69) is 15.5 Å². The van der Waals surface area contributed by atoms with Crippen molar-refractivity contribution < 1.29 is 4.79 Å². The standard InChI is InChI=1S/C10H15N3OS/c1-7(14)12-9-4-2-8(3-5-9)10-13-11-6-15-10/h6,8-9H,2-5H2,1H3,(H,12,14)/t8-,9+. The Labute approximate surface area is 93.1 Å². The second kappa shape index (κ2) is 4.70.